The van der Waals surface area contributed by atoms with Crippen LogP contribution in [0, 0.1) is 0 Å². The van der Waals surface area contributed by atoms with Crippen LogP contribution in [0.2, 0.25) is 0 Å². The molecule has 0 atom stereocenters. The number of fused-ring (bicyclic) bond motifs is 1. The fraction of sp³-hybridized carbons (Fsp3) is 0.348. The van der Waals surface area contributed by atoms with Gasteiger partial charge in [-0.05, 0) is 50.2 Å². The summed E-state index contributed by atoms with van der Waals surface area (Å²) in [6.45, 7) is 5.03. The van der Waals surface area contributed by atoms with E-state index in [1.54, 1.807) is 49.4 Å². The number of nitrogens with one attached hydrogen (secondary N) is 1. The summed E-state index contributed by atoms with van der Waals surface area (Å²) in [5.74, 6) is 0. The van der Waals surface area contributed by atoms with Gasteiger partial charge in [0.1, 0.15) is 4.90 Å². The number of benzene rings is 2. The van der Waals surface area contributed by atoms with Gasteiger partial charge in [0.15, 0.2) is 0 Å². The lowest BCUT2D eigenvalue weighted by Gasteiger charge is -2.29. The number of sulfonamides is 2. The molecular formula is C23H28ClN5O4S2. The van der Waals surface area contributed by atoms with E-state index < -0.39 is 20.0 Å². The topological polar surface area (TPSA) is 103 Å². The Balaban J connectivity index is 1.85. The summed E-state index contributed by atoms with van der Waals surface area (Å²) in [5.41, 5.74) is 1.32. The van der Waals surface area contributed by atoms with Crippen molar-refractivity contribution < 1.29 is 16.8 Å². The molecule has 35 heavy (non-hydrogen) atoms. The van der Waals surface area contributed by atoms with Crippen LogP contribution in [0.3, 0.4) is 0 Å². The quantitative estimate of drug-likeness (QED) is 0.462. The van der Waals surface area contributed by atoms with E-state index in [2.05, 4.69) is 15.2 Å². The zero-order chi connectivity index (χ0) is 25.2. The number of anilines is 3. The molecular weight excluding hydrogens is 510 g/mol. The van der Waals surface area contributed by atoms with Crippen molar-refractivity contribution >= 4 is 59.8 Å². The number of pyridine rings is 1. The van der Waals surface area contributed by atoms with Crippen molar-refractivity contribution in [1.29, 1.82) is 0 Å². The summed E-state index contributed by atoms with van der Waals surface area (Å²) in [6, 6.07) is 13.3. The molecule has 0 unspecified atom stereocenters. The van der Waals surface area contributed by atoms with Crippen LogP contribution >= 0.6 is 11.8 Å². The van der Waals surface area contributed by atoms with Crippen molar-refractivity contribution in [2.45, 2.75) is 18.2 Å². The van der Waals surface area contributed by atoms with Crippen molar-refractivity contribution in [2.24, 2.45) is 0 Å². The Hall–Kier alpha value is -2.60. The van der Waals surface area contributed by atoms with E-state index in [1.807, 2.05) is 0 Å². The van der Waals surface area contributed by atoms with Gasteiger partial charge in [-0.2, -0.15) is 12.2 Å². The molecule has 188 valence electrons. The lowest BCUT2D eigenvalue weighted by molar-refractivity contribution is 0.595. The zero-order valence-corrected chi connectivity index (χ0v) is 21.9. The van der Waals surface area contributed by atoms with Crippen molar-refractivity contribution in [3.05, 3.63) is 54.7 Å². The van der Waals surface area contributed by atoms with Crippen LogP contribution in [-0.2, 0) is 20.0 Å². The van der Waals surface area contributed by atoms with Gasteiger partial charge in [-0.3, -0.25) is 9.29 Å². The highest BCUT2D eigenvalue weighted by Gasteiger charge is 2.31. The second-order valence-corrected chi connectivity index (χ2v) is 12.4. The summed E-state index contributed by atoms with van der Waals surface area (Å²) >= 11 is 6.53. The van der Waals surface area contributed by atoms with Crippen LogP contribution in [0.5, 0.6) is 0 Å². The van der Waals surface area contributed by atoms with Crippen molar-refractivity contribution in [3.8, 4) is 0 Å². The van der Waals surface area contributed by atoms with Gasteiger partial charge in [0.2, 0.25) is 10.0 Å². The summed E-state index contributed by atoms with van der Waals surface area (Å²) < 4.78 is 54.4. The van der Waals surface area contributed by atoms with Crippen molar-refractivity contribution in [2.75, 3.05) is 52.0 Å². The minimum absolute atomic E-state index is 0.0450. The fourth-order valence-corrected chi connectivity index (χ4v) is 6.83. The molecule has 12 heteroatoms. The molecule has 1 aromatic heterocycles. The second kappa shape index (κ2) is 10.2. The van der Waals surface area contributed by atoms with E-state index in [0.717, 1.165) is 48.8 Å². The monoisotopic (exact) mass is 537 g/mol. The van der Waals surface area contributed by atoms with Gasteiger partial charge in [-0.1, -0.05) is 18.2 Å². The third-order valence-electron chi connectivity index (χ3n) is 5.89. The van der Waals surface area contributed by atoms with Crippen LogP contribution < -0.4 is 18.3 Å². The minimum atomic E-state index is -4.28. The maximum absolute atomic E-state index is 13.7. The first-order chi connectivity index (χ1) is 16.6. The fourth-order valence-electron chi connectivity index (χ4n) is 4.24. The maximum atomic E-state index is 13.7. The van der Waals surface area contributed by atoms with Gasteiger partial charge in [-0.25, -0.2) is 8.42 Å². The van der Waals surface area contributed by atoms with Crippen LogP contribution in [0.1, 0.15) is 13.3 Å². The number of aromatic nitrogens is 1. The van der Waals surface area contributed by atoms with E-state index >= 15 is 0 Å². The highest BCUT2D eigenvalue weighted by molar-refractivity contribution is 7.94. The number of rotatable bonds is 7. The average Bonchev–Trinajstić information content (AvgIpc) is 3.12. The molecule has 0 amide bonds. The van der Waals surface area contributed by atoms with E-state index in [9.17, 15) is 16.8 Å². The molecule has 1 saturated heterocycles. The summed E-state index contributed by atoms with van der Waals surface area (Å²) in [6.07, 6.45) is 3.54. The van der Waals surface area contributed by atoms with Gasteiger partial charge in [0.05, 0.1) is 23.1 Å². The number of hydrogen-bond acceptors (Lipinski definition) is 7. The summed E-state index contributed by atoms with van der Waals surface area (Å²) in [5, 5.41) is 3.99. The first-order valence-corrected chi connectivity index (χ1v) is 14.9. The maximum Gasteiger partial charge on any atom is 0.280 e. The van der Waals surface area contributed by atoms with E-state index in [-0.39, 0.29) is 28.3 Å². The van der Waals surface area contributed by atoms with E-state index in [1.165, 1.54) is 12.3 Å². The smallest absolute Gasteiger partial charge is 0.280 e. The molecule has 9 nitrogen and oxygen atoms in total. The van der Waals surface area contributed by atoms with E-state index in [4.69, 9.17) is 11.8 Å². The SMILES string of the molecule is CCN(c1cc(N2CCCNCC2)ccc1N(Cl)S(=O)(=O)c1cccc2cccnc12)S(C)(=O)=O. The normalized spacial score (nSPS) is 15.1. The highest BCUT2D eigenvalue weighted by atomic mass is 35.5. The molecule has 1 fully saturated rings. The van der Waals surface area contributed by atoms with Gasteiger partial charge in [-0.15, -0.1) is 0 Å². The minimum Gasteiger partial charge on any atom is -0.370 e. The summed E-state index contributed by atoms with van der Waals surface area (Å²) in [7, 11) is -7.99. The zero-order valence-electron chi connectivity index (χ0n) is 19.6. The van der Waals surface area contributed by atoms with Crippen LogP contribution in [0.25, 0.3) is 10.9 Å². The number of hydrogen-bond donors (Lipinski definition) is 1. The van der Waals surface area contributed by atoms with Gasteiger partial charge in [0, 0.05) is 55.2 Å². The average molecular weight is 538 g/mol. The standard InChI is InChI=1S/C23H28ClN5O4S2/c1-3-28(34(2,30)31)21-17-19(27-15-6-12-25-14-16-27)10-11-20(21)29(24)35(32,33)22-9-4-7-18-8-5-13-26-23(18)22/h4-5,7-11,13,17,25H,3,6,12,14-16H2,1-2H3. The molecule has 0 radical (unpaired) electrons. The Morgan fingerprint density at radius 2 is 1.80 bits per heavy atom. The highest BCUT2D eigenvalue weighted by Crippen LogP contribution is 2.39. The lowest BCUT2D eigenvalue weighted by atomic mass is 10.2. The second-order valence-electron chi connectivity index (χ2n) is 8.24. The van der Waals surface area contributed by atoms with Crippen LogP contribution in [0.15, 0.2) is 59.6 Å². The third-order valence-corrected chi connectivity index (χ3v) is 9.38. The van der Waals surface area contributed by atoms with E-state index in [0.29, 0.717) is 9.21 Å². The number of halogens is 1. The Morgan fingerprint density at radius 1 is 1.03 bits per heavy atom. The molecule has 1 aliphatic heterocycles. The Labute approximate surface area is 211 Å². The largest absolute Gasteiger partial charge is 0.370 e. The predicted octanol–water partition coefficient (Wildman–Crippen LogP) is 3.17. The van der Waals surface area contributed by atoms with Gasteiger partial charge >= 0.3 is 0 Å². The molecule has 2 aromatic carbocycles. The van der Waals surface area contributed by atoms with Crippen molar-refractivity contribution in [1.82, 2.24) is 10.3 Å². The van der Waals surface area contributed by atoms with Crippen LogP contribution in [-0.4, -0.2) is 60.8 Å². The molecule has 0 saturated carbocycles. The summed E-state index contributed by atoms with van der Waals surface area (Å²) in [4.78, 5) is 6.31. The number of nitrogens with zero attached hydrogens (tertiary/aromatic N) is 4. The molecule has 1 aliphatic rings. The lowest BCUT2D eigenvalue weighted by Crippen LogP contribution is -2.33. The molecule has 4 rings (SSSR count). The first-order valence-electron chi connectivity index (χ1n) is 11.3. The Kier molecular flexibility index (Phi) is 7.41. The van der Waals surface area contributed by atoms with Gasteiger partial charge in [0.25, 0.3) is 10.0 Å². The molecule has 0 bridgehead atoms. The molecule has 0 aliphatic carbocycles. The van der Waals surface area contributed by atoms with Gasteiger partial charge < -0.3 is 10.2 Å². The Morgan fingerprint density at radius 3 is 2.54 bits per heavy atom. The molecule has 2 heterocycles. The Bertz CT molecular complexity index is 1420. The molecule has 0 spiro atoms. The third kappa shape index (κ3) is 5.18. The van der Waals surface area contributed by atoms with Crippen molar-refractivity contribution in [3.63, 3.8) is 0 Å². The first kappa shape index (κ1) is 25.5. The molecule has 3 aromatic rings. The molecule has 1 N–H and O–H groups in total. The predicted molar refractivity (Wildman–Crippen MR) is 141 cm³/mol. The van der Waals surface area contributed by atoms with Crippen LogP contribution in [0.4, 0.5) is 17.1 Å². The number of para-hydroxylation sites is 1.